The monoisotopic (exact) mass is 642 g/mol. The van der Waals surface area contributed by atoms with Crippen LogP contribution in [0.4, 0.5) is 17.6 Å². The van der Waals surface area contributed by atoms with Crippen molar-refractivity contribution in [2.45, 2.75) is 56.7 Å². The quantitative estimate of drug-likeness (QED) is 0.203. The van der Waals surface area contributed by atoms with E-state index in [-0.39, 0.29) is 30.1 Å². The number of benzene rings is 1. The molecule has 4 saturated carbocycles. The molecule has 13 heteroatoms. The molecule has 7 rings (SSSR count). The first-order chi connectivity index (χ1) is 17.3. The third-order valence-electron chi connectivity index (χ3n) is 8.12. The van der Waals surface area contributed by atoms with Crippen LogP contribution in [0.15, 0.2) is 18.2 Å². The van der Waals surface area contributed by atoms with Crippen LogP contribution in [0.25, 0.3) is 0 Å². The minimum absolute atomic E-state index is 0.0601. The van der Waals surface area contributed by atoms with E-state index in [1.54, 1.807) is 0 Å². The van der Waals surface area contributed by atoms with Gasteiger partial charge in [0.25, 0.3) is 0 Å². The number of alkyl halides is 4. The molecule has 1 saturated heterocycles. The van der Waals surface area contributed by atoms with E-state index in [1.807, 2.05) is 0 Å². The molecule has 2 unspecified atom stereocenters. The molecule has 0 radical (unpaired) electrons. The number of carbonyl (C=O) groups is 3. The first-order valence-electron chi connectivity index (χ1n) is 11.9. The molecule has 1 aromatic carbocycles. The van der Waals surface area contributed by atoms with Gasteiger partial charge in [-0.15, -0.1) is 0 Å². The summed E-state index contributed by atoms with van der Waals surface area (Å²) in [5, 5.41) is 0. The van der Waals surface area contributed by atoms with Gasteiger partial charge >= 0.3 is 217 Å². The predicted molar refractivity (Wildman–Crippen MR) is 122 cm³/mol. The van der Waals surface area contributed by atoms with Crippen molar-refractivity contribution in [1.29, 1.82) is 0 Å². The summed E-state index contributed by atoms with van der Waals surface area (Å²) in [5.41, 5.74) is -0.744. The van der Waals surface area contributed by atoms with E-state index in [1.165, 1.54) is 25.1 Å². The molecule has 6 aliphatic rings. The van der Waals surface area contributed by atoms with E-state index in [2.05, 4.69) is 0 Å². The first-order valence-corrected chi connectivity index (χ1v) is 14.7. The van der Waals surface area contributed by atoms with Gasteiger partial charge in [0.15, 0.2) is 0 Å². The Balaban J connectivity index is 1.24. The zero-order chi connectivity index (χ0) is 26.4. The molecule has 202 valence electrons. The van der Waals surface area contributed by atoms with Crippen LogP contribution in [0.3, 0.4) is 0 Å². The molecule has 5 fully saturated rings. The summed E-state index contributed by atoms with van der Waals surface area (Å²) >= 11 is -3.25. The Bertz CT molecular complexity index is 1150. The second-order valence-corrected chi connectivity index (χ2v) is 13.8. The summed E-state index contributed by atoms with van der Waals surface area (Å²) in [4.78, 5) is 37.3. The van der Waals surface area contributed by atoms with E-state index in [0.29, 0.717) is 22.8 Å². The molecular weight excluding hydrogens is 619 g/mol. The molecule has 0 aromatic heterocycles. The second kappa shape index (κ2) is 8.25. The van der Waals surface area contributed by atoms with Crippen LogP contribution in [0, 0.1) is 26.7 Å². The maximum absolute atomic E-state index is 14.0. The van der Waals surface area contributed by atoms with Gasteiger partial charge in [0, 0.05) is 0 Å². The Labute approximate surface area is 216 Å². The van der Waals surface area contributed by atoms with E-state index in [9.17, 15) is 31.9 Å². The van der Waals surface area contributed by atoms with Crippen molar-refractivity contribution in [2.75, 3.05) is 13.2 Å². The Morgan fingerprint density at radius 3 is 2.22 bits per heavy atom. The van der Waals surface area contributed by atoms with Crippen molar-refractivity contribution in [1.82, 2.24) is 0 Å². The number of fused-ring (bicyclic) bond motifs is 1. The third kappa shape index (κ3) is 3.86. The molecule has 1 spiro atoms. The van der Waals surface area contributed by atoms with E-state index < -0.39 is 86.7 Å². The van der Waals surface area contributed by atoms with Crippen LogP contribution in [-0.2, 0) is 25.2 Å². The van der Waals surface area contributed by atoms with E-state index in [0.717, 1.165) is 0 Å². The van der Waals surface area contributed by atoms with Gasteiger partial charge in [-0.25, -0.2) is 0 Å². The van der Waals surface area contributed by atoms with Crippen molar-refractivity contribution in [3.8, 4) is 5.75 Å². The SMILES string of the molecule is CC(=O)Oc1ccc2c(c1)I(OC(=O)C13CC4CC(C1)C1(OCC(F)(F)C(F)(F)CO1)C(C4)C3)OC2=O. The Kier molecular flexibility index (Phi) is 5.64. The number of rotatable bonds is 3. The predicted octanol–water partition coefficient (Wildman–Crippen LogP) is 4.67. The van der Waals surface area contributed by atoms with Gasteiger partial charge in [-0.3, -0.25) is 0 Å². The number of halogens is 5. The molecule has 2 heterocycles. The maximum atomic E-state index is 14.0. The summed E-state index contributed by atoms with van der Waals surface area (Å²) in [6, 6.07) is 4.35. The van der Waals surface area contributed by atoms with Gasteiger partial charge in [0.1, 0.15) is 0 Å². The van der Waals surface area contributed by atoms with Crippen molar-refractivity contribution in [2.24, 2.45) is 23.2 Å². The molecule has 0 amide bonds. The molecule has 2 aliphatic heterocycles. The fourth-order valence-electron chi connectivity index (χ4n) is 6.68. The minimum atomic E-state index is -4.36. The summed E-state index contributed by atoms with van der Waals surface area (Å²) < 4.78 is 83.8. The molecule has 2 atom stereocenters. The fraction of sp³-hybridized carbons (Fsp3) is 0.625. The van der Waals surface area contributed by atoms with Gasteiger partial charge in [-0.1, -0.05) is 0 Å². The number of esters is 1. The van der Waals surface area contributed by atoms with Gasteiger partial charge in [0.05, 0.1) is 0 Å². The Morgan fingerprint density at radius 2 is 1.62 bits per heavy atom. The van der Waals surface area contributed by atoms with Crippen LogP contribution in [0.1, 0.15) is 49.4 Å². The topological polar surface area (TPSA) is 97.4 Å². The average molecular weight is 642 g/mol. The number of hydrogen-bond acceptors (Lipinski definition) is 8. The molecule has 4 aliphatic carbocycles. The van der Waals surface area contributed by atoms with Crippen LogP contribution in [0.2, 0.25) is 0 Å². The van der Waals surface area contributed by atoms with E-state index >= 15 is 0 Å². The van der Waals surface area contributed by atoms with Crippen LogP contribution in [-0.4, -0.2) is 48.8 Å². The Morgan fingerprint density at radius 1 is 1.00 bits per heavy atom. The van der Waals surface area contributed by atoms with Crippen molar-refractivity contribution >= 4 is 38.6 Å². The second-order valence-electron chi connectivity index (χ2n) is 10.5. The zero-order valence-corrected chi connectivity index (χ0v) is 21.7. The van der Waals surface area contributed by atoms with Gasteiger partial charge in [0.2, 0.25) is 0 Å². The molecule has 37 heavy (non-hydrogen) atoms. The molecule has 1 aromatic rings. The van der Waals surface area contributed by atoms with Gasteiger partial charge in [-0.2, -0.15) is 0 Å². The third-order valence-corrected chi connectivity index (χ3v) is 11.6. The normalized spacial score (nSPS) is 35.0. The van der Waals surface area contributed by atoms with Crippen LogP contribution >= 0.6 is 20.6 Å². The van der Waals surface area contributed by atoms with Crippen molar-refractivity contribution in [3.63, 3.8) is 0 Å². The first kappa shape index (κ1) is 25.3. The molecule has 8 nitrogen and oxygen atoms in total. The number of ether oxygens (including phenoxy) is 3. The average Bonchev–Trinajstić information content (AvgIpc) is 3.07. The summed E-state index contributed by atoms with van der Waals surface area (Å²) in [5.74, 6) is -12.9. The van der Waals surface area contributed by atoms with Gasteiger partial charge in [-0.05, 0) is 0 Å². The van der Waals surface area contributed by atoms with Crippen LogP contribution < -0.4 is 4.74 Å². The van der Waals surface area contributed by atoms with Crippen LogP contribution in [0.5, 0.6) is 5.75 Å². The molecule has 0 N–H and O–H groups in total. The van der Waals surface area contributed by atoms with Crippen molar-refractivity contribution < 1.29 is 52.3 Å². The van der Waals surface area contributed by atoms with Gasteiger partial charge < -0.3 is 0 Å². The summed E-state index contributed by atoms with van der Waals surface area (Å²) in [7, 11) is 0. The summed E-state index contributed by atoms with van der Waals surface area (Å²) in [6.07, 6.45) is 1.87. The van der Waals surface area contributed by atoms with E-state index in [4.69, 9.17) is 20.3 Å². The molecule has 4 bridgehead atoms. The zero-order valence-electron chi connectivity index (χ0n) is 19.6. The fourth-order valence-corrected chi connectivity index (χ4v) is 10.1. The standard InChI is InChI=1S/C24H23F4IO8/c1-12(30)35-16-2-3-17-18(6-16)29(36-19(17)31)37-20(32)21-7-13-4-14(8-21)24(15(5-13)9-21)33-10-22(25,26)23(27,28)11-34-24/h2-3,6,13-15H,4-5,7-11H2,1H3. The number of carbonyl (C=O) groups excluding carboxylic acids is 3. The number of hydrogen-bond donors (Lipinski definition) is 0. The summed E-state index contributed by atoms with van der Waals surface area (Å²) in [6.45, 7) is -1.68. The van der Waals surface area contributed by atoms with Crippen molar-refractivity contribution in [3.05, 3.63) is 27.3 Å². The Hall–Kier alpha value is -2.00. The molecular formula is C24H23F4IO8.